The fourth-order valence-corrected chi connectivity index (χ4v) is 4.19. The van der Waals surface area contributed by atoms with Crippen LogP contribution in [0.4, 0.5) is 39.5 Å². The molecule has 0 aliphatic rings. The highest BCUT2D eigenvalue weighted by atomic mass is 35.5. The van der Waals surface area contributed by atoms with Crippen molar-refractivity contribution in [2.45, 2.75) is 24.9 Å². The van der Waals surface area contributed by atoms with Crippen LogP contribution in [0.3, 0.4) is 0 Å². The number of rotatable bonds is 6. The molecular weight excluding hydrogens is 591 g/mol. The van der Waals surface area contributed by atoms with E-state index in [0.29, 0.717) is 23.2 Å². The number of halogens is 10. The normalized spacial score (nSPS) is 12.6. The van der Waals surface area contributed by atoms with Gasteiger partial charge in [-0.05, 0) is 59.7 Å². The molecule has 14 heteroatoms. The fourth-order valence-electron chi connectivity index (χ4n) is 4.07. The number of nitrogens with zero attached hydrogens (tertiary/aromatic N) is 2. The van der Waals surface area contributed by atoms with Crippen molar-refractivity contribution in [3.05, 3.63) is 88.1 Å². The Balaban J connectivity index is 1.88. The first kappa shape index (κ1) is 30.1. The van der Waals surface area contributed by atoms with Crippen LogP contribution in [-0.2, 0) is 32.0 Å². The third-order valence-electron chi connectivity index (χ3n) is 6.02. The molecule has 0 fully saturated rings. The molecular formula is C27H18ClF9N2O2. The maximum atomic E-state index is 13.6. The maximum Gasteiger partial charge on any atom is 0.435 e. The van der Waals surface area contributed by atoms with Gasteiger partial charge in [0.05, 0.1) is 29.0 Å². The van der Waals surface area contributed by atoms with E-state index in [1.54, 1.807) is 24.3 Å². The predicted octanol–water partition coefficient (Wildman–Crippen LogP) is 8.79. The van der Waals surface area contributed by atoms with Crippen LogP contribution in [0.1, 0.15) is 22.4 Å². The smallest absolute Gasteiger partial charge is 0.435 e. The van der Waals surface area contributed by atoms with Crippen LogP contribution in [0.2, 0.25) is 5.02 Å². The molecule has 0 spiro atoms. The van der Waals surface area contributed by atoms with E-state index in [-0.39, 0.29) is 36.1 Å². The molecule has 0 bridgehead atoms. The van der Waals surface area contributed by atoms with Crippen molar-refractivity contribution in [1.29, 1.82) is 0 Å². The van der Waals surface area contributed by atoms with Crippen LogP contribution in [0, 0.1) is 0 Å². The summed E-state index contributed by atoms with van der Waals surface area (Å²) in [6, 6.07) is 10.1. The molecule has 0 unspecified atom stereocenters. The van der Waals surface area contributed by atoms with Gasteiger partial charge in [0.2, 0.25) is 0 Å². The molecule has 4 rings (SSSR count). The van der Waals surface area contributed by atoms with Crippen LogP contribution in [0.15, 0.2) is 60.7 Å². The van der Waals surface area contributed by atoms with E-state index in [9.17, 15) is 44.6 Å². The Morgan fingerprint density at radius 2 is 1.39 bits per heavy atom. The molecule has 4 aromatic rings. The lowest BCUT2D eigenvalue weighted by Crippen LogP contribution is -2.11. The second-order valence-corrected chi connectivity index (χ2v) is 9.33. The summed E-state index contributed by atoms with van der Waals surface area (Å²) in [6.45, 7) is -0.123. The van der Waals surface area contributed by atoms with Crippen LogP contribution in [0.25, 0.3) is 22.4 Å². The number of phenols is 1. The van der Waals surface area contributed by atoms with Gasteiger partial charge in [-0.3, -0.25) is 4.68 Å². The van der Waals surface area contributed by atoms with Gasteiger partial charge < -0.3 is 9.84 Å². The average Bonchev–Trinajstić information content (AvgIpc) is 3.26. The molecule has 1 aromatic heterocycles. The summed E-state index contributed by atoms with van der Waals surface area (Å²) in [6.07, 6.45) is -15.0. The summed E-state index contributed by atoms with van der Waals surface area (Å²) in [5.41, 5.74) is -5.81. The Labute approximate surface area is 231 Å². The number of ether oxygens (including phenoxy) is 1. The molecule has 41 heavy (non-hydrogen) atoms. The van der Waals surface area contributed by atoms with E-state index >= 15 is 0 Å². The zero-order valence-corrected chi connectivity index (χ0v) is 21.5. The minimum atomic E-state index is -5.19. The summed E-state index contributed by atoms with van der Waals surface area (Å²) >= 11 is 5.85. The Kier molecular flexibility index (Phi) is 7.96. The number of aryl methyl sites for hydroxylation is 1. The van der Waals surface area contributed by atoms with Gasteiger partial charge in [0, 0.05) is 24.1 Å². The zero-order valence-electron chi connectivity index (χ0n) is 20.7. The molecule has 1 N–H and O–H groups in total. The topological polar surface area (TPSA) is 47.3 Å². The third-order valence-corrected chi connectivity index (χ3v) is 6.28. The second-order valence-electron chi connectivity index (χ2n) is 8.89. The van der Waals surface area contributed by atoms with Crippen molar-refractivity contribution in [3.8, 4) is 33.9 Å². The molecule has 0 saturated carbocycles. The van der Waals surface area contributed by atoms with Crippen LogP contribution in [-0.4, -0.2) is 21.5 Å². The number of hydrogen-bond donors (Lipinski definition) is 1. The first-order chi connectivity index (χ1) is 18.9. The number of aromatic hydroxyl groups is 1. The maximum absolute atomic E-state index is 13.6. The number of aromatic nitrogens is 2. The number of benzene rings is 3. The fraction of sp³-hybridized carbons (Fsp3) is 0.222. The standard InChI is InChI=1S/C27H18ClF9N2O2/c1-39-20(13-22(38-39)27(35,36)37)19-6-7-21(41-9-8-14-2-4-18(28)5-3-14)23(24(19)40)15-10-16(25(29,30)31)12-17(11-15)26(32,33)34/h2-7,10-13,40H,8-9H2,1H3. The van der Waals surface area contributed by atoms with E-state index < -0.39 is 52.2 Å². The Morgan fingerprint density at radius 3 is 1.90 bits per heavy atom. The van der Waals surface area contributed by atoms with Crippen molar-refractivity contribution < 1.29 is 49.4 Å². The monoisotopic (exact) mass is 608 g/mol. The van der Waals surface area contributed by atoms with E-state index in [1.165, 1.54) is 0 Å². The minimum absolute atomic E-state index is 0.0812. The second kappa shape index (κ2) is 10.8. The molecule has 1 heterocycles. The van der Waals surface area contributed by atoms with Gasteiger partial charge in [-0.1, -0.05) is 23.7 Å². The number of hydrogen-bond acceptors (Lipinski definition) is 3. The van der Waals surface area contributed by atoms with Gasteiger partial charge in [-0.25, -0.2) is 0 Å². The van der Waals surface area contributed by atoms with Crippen molar-refractivity contribution in [3.63, 3.8) is 0 Å². The van der Waals surface area contributed by atoms with Gasteiger partial charge in [0.25, 0.3) is 0 Å². The lowest BCUT2D eigenvalue weighted by atomic mass is 9.95. The number of alkyl halides is 9. The first-order valence-electron chi connectivity index (χ1n) is 11.6. The van der Waals surface area contributed by atoms with E-state index in [4.69, 9.17) is 16.3 Å². The predicted molar refractivity (Wildman–Crippen MR) is 131 cm³/mol. The van der Waals surface area contributed by atoms with E-state index in [2.05, 4.69) is 5.10 Å². The molecule has 0 radical (unpaired) electrons. The molecule has 218 valence electrons. The highest BCUT2D eigenvalue weighted by molar-refractivity contribution is 6.30. The molecule has 0 atom stereocenters. The summed E-state index contributed by atoms with van der Waals surface area (Å²) in [5.74, 6) is -1.20. The summed E-state index contributed by atoms with van der Waals surface area (Å²) in [7, 11) is 1.13. The van der Waals surface area contributed by atoms with Crippen molar-refractivity contribution >= 4 is 11.6 Å². The first-order valence-corrected chi connectivity index (χ1v) is 12.0. The lowest BCUT2D eigenvalue weighted by Gasteiger charge is -2.19. The Hall–Kier alpha value is -3.87. The third kappa shape index (κ3) is 6.72. The summed E-state index contributed by atoms with van der Waals surface area (Å²) in [5, 5.41) is 15.0. The Morgan fingerprint density at radius 1 is 0.805 bits per heavy atom. The molecule has 0 saturated heterocycles. The quantitative estimate of drug-likeness (QED) is 0.223. The van der Waals surface area contributed by atoms with Crippen molar-refractivity contribution in [2.75, 3.05) is 6.61 Å². The van der Waals surface area contributed by atoms with Gasteiger partial charge in [0.15, 0.2) is 5.69 Å². The van der Waals surface area contributed by atoms with Crippen LogP contribution in [0.5, 0.6) is 11.5 Å². The van der Waals surface area contributed by atoms with E-state index in [0.717, 1.165) is 29.4 Å². The summed E-state index contributed by atoms with van der Waals surface area (Å²) < 4.78 is 128. The highest BCUT2D eigenvalue weighted by Gasteiger charge is 2.38. The number of phenolic OH excluding ortho intramolecular Hbond substituents is 1. The van der Waals surface area contributed by atoms with Crippen molar-refractivity contribution in [1.82, 2.24) is 9.78 Å². The molecule has 0 amide bonds. The summed E-state index contributed by atoms with van der Waals surface area (Å²) in [4.78, 5) is 0. The molecule has 4 nitrogen and oxygen atoms in total. The van der Waals surface area contributed by atoms with Gasteiger partial charge in [-0.15, -0.1) is 0 Å². The van der Waals surface area contributed by atoms with Crippen LogP contribution < -0.4 is 4.74 Å². The zero-order chi connectivity index (χ0) is 30.3. The van der Waals surface area contributed by atoms with Gasteiger partial charge >= 0.3 is 18.5 Å². The largest absolute Gasteiger partial charge is 0.506 e. The highest BCUT2D eigenvalue weighted by Crippen LogP contribution is 2.47. The SMILES string of the molecule is Cn1nc(C(F)(F)F)cc1-c1ccc(OCCc2ccc(Cl)cc2)c(-c2cc(C(F)(F)F)cc(C(F)(F)F)c2)c1O. The average molecular weight is 609 g/mol. The molecule has 0 aliphatic carbocycles. The van der Waals surface area contributed by atoms with Crippen molar-refractivity contribution in [2.24, 2.45) is 7.05 Å². The lowest BCUT2D eigenvalue weighted by molar-refractivity contribution is -0.143. The molecule has 3 aromatic carbocycles. The minimum Gasteiger partial charge on any atom is -0.506 e. The Bertz CT molecular complexity index is 1530. The molecule has 0 aliphatic heterocycles. The van der Waals surface area contributed by atoms with Crippen LogP contribution >= 0.6 is 11.6 Å². The van der Waals surface area contributed by atoms with Gasteiger partial charge in [-0.2, -0.15) is 44.6 Å². The van der Waals surface area contributed by atoms with E-state index in [1.807, 2.05) is 0 Å². The van der Waals surface area contributed by atoms with Gasteiger partial charge in [0.1, 0.15) is 11.5 Å².